The molecule has 0 saturated carbocycles. The normalized spacial score (nSPS) is 20.6. The van der Waals surface area contributed by atoms with Crippen molar-refractivity contribution in [2.75, 3.05) is 24.6 Å². The van der Waals surface area contributed by atoms with E-state index in [1.807, 2.05) is 0 Å². The predicted octanol–water partition coefficient (Wildman–Crippen LogP) is -0.795. The fourth-order valence-corrected chi connectivity index (χ4v) is 2.90. The second-order valence-electron chi connectivity index (χ2n) is 2.06. The smallest absolute Gasteiger partial charge is 0.209 e. The number of hydrogen-bond acceptors (Lipinski definition) is 2. The molecule has 0 aliphatic carbocycles. The van der Waals surface area contributed by atoms with Crippen LogP contribution < -0.4 is 0 Å². The third-order valence-corrected chi connectivity index (χ3v) is 4.50. The van der Waals surface area contributed by atoms with Crippen molar-refractivity contribution in [3.8, 4) is 0 Å². The number of nitrogens with zero attached hydrogens (tertiary/aromatic N) is 1. The Balaban J connectivity index is 2.45. The van der Waals surface area contributed by atoms with Gasteiger partial charge in [-0.1, -0.05) is 9.45 Å². The molecule has 1 aliphatic rings. The van der Waals surface area contributed by atoms with Crippen molar-refractivity contribution in [2.45, 2.75) is 0 Å². The van der Waals surface area contributed by atoms with Gasteiger partial charge in [-0.05, 0) is 0 Å². The number of hydrogen-bond donors (Lipinski definition) is 0. The second-order valence-corrected chi connectivity index (χ2v) is 5.71. The number of carbonyl (C=O) groups excluding carboxylic acids is 1. The highest BCUT2D eigenvalue weighted by Crippen LogP contribution is 1.96. The molecule has 0 N–H and O–H groups in total. The van der Waals surface area contributed by atoms with Crippen LogP contribution in [0, 0.1) is 0 Å². The van der Waals surface area contributed by atoms with Gasteiger partial charge in [0.15, 0.2) is 0 Å². The first-order valence-electron chi connectivity index (χ1n) is 3.04. The summed E-state index contributed by atoms with van der Waals surface area (Å²) in [6.45, 7) is 1.53. The molecule has 5 heteroatoms. The Labute approximate surface area is 65.1 Å². The Hall–Kier alpha value is -0.160. The van der Waals surface area contributed by atoms with E-state index in [1.165, 1.54) is 0 Å². The maximum Gasteiger partial charge on any atom is 0.209 e. The first-order valence-corrected chi connectivity index (χ1v) is 5.86. The summed E-state index contributed by atoms with van der Waals surface area (Å²) in [5.74, 6) is 1.76. The van der Waals surface area contributed by atoms with Gasteiger partial charge in [0.05, 0.1) is 0 Å². The van der Waals surface area contributed by atoms with Crippen LogP contribution in [0.2, 0.25) is 0 Å². The van der Waals surface area contributed by atoms with E-state index < -0.39 is 0 Å². The Bertz CT molecular complexity index is 178. The molecule has 0 spiro atoms. The van der Waals surface area contributed by atoms with E-state index in [0.29, 0.717) is 10.2 Å². The lowest BCUT2D eigenvalue weighted by Crippen LogP contribution is -2.36. The van der Waals surface area contributed by atoms with Crippen molar-refractivity contribution in [2.24, 2.45) is 0 Å². The highest BCUT2D eigenvalue weighted by atomic mass is 32.8. The molecule has 10 heavy (non-hydrogen) atoms. The molecule has 0 aromatic rings. The average Bonchev–Trinajstić information content (AvgIpc) is 2.05. The molecule has 0 atom stereocenters. The molecular weight excluding hydrogens is 170 g/mol. The van der Waals surface area contributed by atoms with Crippen molar-refractivity contribution >= 4 is 26.1 Å². The second kappa shape index (κ2) is 3.88. The molecule has 1 amide bonds. The predicted molar refractivity (Wildman–Crippen MR) is 42.9 cm³/mol. The first kappa shape index (κ1) is 7.94. The van der Waals surface area contributed by atoms with Gasteiger partial charge >= 0.3 is 0 Å². The van der Waals surface area contributed by atoms with Gasteiger partial charge < -0.3 is 4.90 Å². The molecule has 1 fully saturated rings. The van der Waals surface area contributed by atoms with Crippen LogP contribution in [0.4, 0.5) is 0 Å². The molecule has 58 valence electrons. The third-order valence-electron chi connectivity index (χ3n) is 1.46. The quantitative estimate of drug-likeness (QED) is 0.494. The van der Waals surface area contributed by atoms with Crippen LogP contribution in [0.25, 0.3) is 0 Å². The molecule has 0 aromatic carbocycles. The zero-order valence-corrected chi connectivity index (χ0v) is 7.12. The highest BCUT2D eigenvalue weighted by Gasteiger charge is 2.10. The van der Waals surface area contributed by atoms with Gasteiger partial charge in [0.25, 0.3) is 0 Å². The topological polar surface area (TPSA) is 37.4 Å². The summed E-state index contributed by atoms with van der Waals surface area (Å²) in [4.78, 5) is 11.9. The van der Waals surface area contributed by atoms with E-state index in [2.05, 4.69) is 0 Å². The van der Waals surface area contributed by atoms with Gasteiger partial charge in [-0.2, -0.15) is 0 Å². The van der Waals surface area contributed by atoms with Gasteiger partial charge in [0.1, 0.15) is 10.2 Å². The summed E-state index contributed by atoms with van der Waals surface area (Å²) >= 11 is 0. The summed E-state index contributed by atoms with van der Waals surface area (Å²) < 4.78 is 10.3. The van der Waals surface area contributed by atoms with Crippen molar-refractivity contribution in [1.82, 2.24) is 4.90 Å². The average molecular weight is 179 g/mol. The maximum absolute atomic E-state index is 10.3. The van der Waals surface area contributed by atoms with Gasteiger partial charge in [0.2, 0.25) is 6.41 Å². The number of amides is 1. The monoisotopic (exact) mass is 179 g/mol. The lowest BCUT2D eigenvalue weighted by atomic mass is 10.5. The zero-order chi connectivity index (χ0) is 7.40. The fraction of sp³-hybridized carbons (Fsp3) is 0.800. The van der Waals surface area contributed by atoms with Gasteiger partial charge in [0, 0.05) is 24.6 Å². The van der Waals surface area contributed by atoms with Crippen LogP contribution in [-0.4, -0.2) is 40.1 Å². The molecule has 0 radical (unpaired) electrons. The maximum atomic E-state index is 10.3. The molecule has 3 nitrogen and oxygen atoms in total. The Morgan fingerprint density at radius 1 is 1.40 bits per heavy atom. The summed E-state index contributed by atoms with van der Waals surface area (Å²) in [7, 11) is 0.680. The zero-order valence-electron chi connectivity index (χ0n) is 5.49. The summed E-state index contributed by atoms with van der Waals surface area (Å²) in [6.07, 6.45) is 0.857. The van der Waals surface area contributed by atoms with Crippen LogP contribution in [0.3, 0.4) is 0 Å². The SMILES string of the molecule is O=CN1CCS(=S=O)CC1. The Morgan fingerprint density at radius 3 is 2.40 bits per heavy atom. The minimum absolute atomic E-state index is 0.0134. The minimum Gasteiger partial charge on any atom is -0.344 e. The van der Waals surface area contributed by atoms with Gasteiger partial charge in [-0.15, -0.1) is 0 Å². The van der Waals surface area contributed by atoms with Gasteiger partial charge in [-0.25, -0.2) is 4.21 Å². The van der Waals surface area contributed by atoms with Crippen molar-refractivity contribution in [1.29, 1.82) is 0 Å². The Morgan fingerprint density at radius 2 is 2.00 bits per heavy atom. The first-order chi connectivity index (χ1) is 4.86. The highest BCUT2D eigenvalue weighted by molar-refractivity contribution is 8.31. The van der Waals surface area contributed by atoms with Crippen LogP contribution in [0.5, 0.6) is 0 Å². The summed E-state index contributed by atoms with van der Waals surface area (Å²) in [6, 6.07) is 0. The molecule has 1 saturated heterocycles. The molecule has 1 heterocycles. The van der Waals surface area contributed by atoms with Gasteiger partial charge in [-0.3, -0.25) is 4.79 Å². The lowest BCUT2D eigenvalue weighted by Gasteiger charge is -2.22. The number of carbonyl (C=O) groups is 1. The lowest BCUT2D eigenvalue weighted by molar-refractivity contribution is -0.117. The molecule has 0 aromatic heterocycles. The van der Waals surface area contributed by atoms with Crippen molar-refractivity contribution in [3.63, 3.8) is 0 Å². The van der Waals surface area contributed by atoms with Crippen molar-refractivity contribution in [3.05, 3.63) is 0 Å². The van der Waals surface area contributed by atoms with Crippen LogP contribution in [-0.2, 0) is 24.5 Å². The molecule has 1 aliphatic heterocycles. The van der Waals surface area contributed by atoms with Crippen molar-refractivity contribution < 1.29 is 9.00 Å². The fourth-order valence-electron chi connectivity index (χ4n) is 0.825. The summed E-state index contributed by atoms with van der Waals surface area (Å²) in [5, 5.41) is 0. The Kier molecular flexibility index (Phi) is 3.08. The van der Waals surface area contributed by atoms with Crippen LogP contribution in [0.1, 0.15) is 0 Å². The molecule has 1 rings (SSSR count). The third kappa shape index (κ3) is 1.91. The van der Waals surface area contributed by atoms with E-state index in [1.54, 1.807) is 4.90 Å². The standard InChI is InChI=1S/C5H9NO2S2/c7-5-6-1-3-10(9-8)4-2-6/h5H,1-4H2. The van der Waals surface area contributed by atoms with Crippen LogP contribution >= 0.6 is 0 Å². The molecule has 0 bridgehead atoms. The molecule has 0 unspecified atom stereocenters. The van der Waals surface area contributed by atoms with E-state index in [9.17, 15) is 9.00 Å². The van der Waals surface area contributed by atoms with E-state index in [4.69, 9.17) is 0 Å². The van der Waals surface area contributed by atoms with Crippen LogP contribution in [0.15, 0.2) is 0 Å². The largest absolute Gasteiger partial charge is 0.344 e. The summed E-state index contributed by atoms with van der Waals surface area (Å²) in [5.41, 5.74) is 0. The van der Waals surface area contributed by atoms with E-state index in [-0.39, 0.29) is 9.45 Å². The molecular formula is C5H9NO2S2. The van der Waals surface area contributed by atoms with E-state index >= 15 is 0 Å². The number of rotatable bonds is 1. The van der Waals surface area contributed by atoms with E-state index in [0.717, 1.165) is 31.0 Å². The minimum atomic E-state index is -0.0134.